The highest BCUT2D eigenvalue weighted by Gasteiger charge is 2.13. The van der Waals surface area contributed by atoms with E-state index in [1.807, 2.05) is 55.5 Å². The standard InChI is InChI=1S/C18H21NO2/c1-3-21-17-10-6-15(7-11-17)18(20)12-13(2)14-4-8-16(19)9-5-14/h4-11,13H,3,12,19H2,1-2H3. The van der Waals surface area contributed by atoms with E-state index >= 15 is 0 Å². The molecular weight excluding hydrogens is 262 g/mol. The molecule has 0 saturated heterocycles. The molecule has 0 spiro atoms. The second-order valence-corrected chi connectivity index (χ2v) is 5.15. The van der Waals surface area contributed by atoms with Gasteiger partial charge in [0.25, 0.3) is 0 Å². The molecule has 3 heteroatoms. The van der Waals surface area contributed by atoms with Crippen LogP contribution in [0.25, 0.3) is 0 Å². The summed E-state index contributed by atoms with van der Waals surface area (Å²) in [5.74, 6) is 1.10. The molecule has 0 saturated carbocycles. The minimum atomic E-state index is 0.141. The fraction of sp³-hybridized carbons (Fsp3) is 0.278. The molecule has 0 fully saturated rings. The zero-order valence-corrected chi connectivity index (χ0v) is 12.5. The number of nitrogens with two attached hydrogens (primary N) is 1. The normalized spacial score (nSPS) is 11.9. The Kier molecular flexibility index (Phi) is 4.99. The molecule has 2 N–H and O–H groups in total. The largest absolute Gasteiger partial charge is 0.494 e. The van der Waals surface area contributed by atoms with E-state index in [0.29, 0.717) is 13.0 Å². The molecule has 2 rings (SSSR count). The van der Waals surface area contributed by atoms with Gasteiger partial charge in [0.05, 0.1) is 6.61 Å². The number of hydrogen-bond acceptors (Lipinski definition) is 3. The van der Waals surface area contributed by atoms with E-state index in [1.165, 1.54) is 0 Å². The van der Waals surface area contributed by atoms with Crippen LogP contribution >= 0.6 is 0 Å². The van der Waals surface area contributed by atoms with E-state index in [9.17, 15) is 4.79 Å². The van der Waals surface area contributed by atoms with Gasteiger partial charge in [0.1, 0.15) is 5.75 Å². The third kappa shape index (κ3) is 4.09. The summed E-state index contributed by atoms with van der Waals surface area (Å²) >= 11 is 0. The predicted molar refractivity (Wildman–Crippen MR) is 85.8 cm³/mol. The zero-order valence-electron chi connectivity index (χ0n) is 12.5. The summed E-state index contributed by atoms with van der Waals surface area (Å²) in [4.78, 5) is 12.3. The number of carbonyl (C=O) groups excluding carboxylic acids is 1. The van der Waals surface area contributed by atoms with Crippen LogP contribution in [0.2, 0.25) is 0 Å². The summed E-state index contributed by atoms with van der Waals surface area (Å²) in [6.45, 7) is 4.62. The highest BCUT2D eigenvalue weighted by atomic mass is 16.5. The highest BCUT2D eigenvalue weighted by molar-refractivity contribution is 5.96. The van der Waals surface area contributed by atoms with Crippen LogP contribution in [0, 0.1) is 0 Å². The maximum Gasteiger partial charge on any atom is 0.163 e. The number of rotatable bonds is 6. The number of carbonyl (C=O) groups is 1. The van der Waals surface area contributed by atoms with E-state index in [0.717, 1.165) is 22.6 Å². The Bertz CT molecular complexity index is 588. The number of ether oxygens (including phenoxy) is 1. The maximum atomic E-state index is 12.3. The van der Waals surface area contributed by atoms with Crippen molar-refractivity contribution in [3.05, 3.63) is 59.7 Å². The summed E-state index contributed by atoms with van der Waals surface area (Å²) in [5.41, 5.74) is 8.27. The molecule has 0 radical (unpaired) electrons. The van der Waals surface area contributed by atoms with Crippen LogP contribution in [0.1, 0.15) is 42.1 Å². The zero-order chi connectivity index (χ0) is 15.2. The third-order valence-electron chi connectivity index (χ3n) is 3.48. The van der Waals surface area contributed by atoms with E-state index in [2.05, 4.69) is 6.92 Å². The molecular formula is C18H21NO2. The lowest BCUT2D eigenvalue weighted by molar-refractivity contribution is 0.0975. The van der Waals surface area contributed by atoms with Crippen molar-refractivity contribution in [3.8, 4) is 5.75 Å². The summed E-state index contributed by atoms with van der Waals surface area (Å²) in [6, 6.07) is 15.0. The lowest BCUT2D eigenvalue weighted by atomic mass is 9.93. The van der Waals surface area contributed by atoms with Crippen molar-refractivity contribution in [2.24, 2.45) is 0 Å². The van der Waals surface area contributed by atoms with Crippen molar-refractivity contribution in [1.29, 1.82) is 0 Å². The van der Waals surface area contributed by atoms with Crippen LogP contribution in [0.15, 0.2) is 48.5 Å². The summed E-state index contributed by atoms with van der Waals surface area (Å²) in [6.07, 6.45) is 0.484. The quantitative estimate of drug-likeness (QED) is 0.643. The molecule has 1 unspecified atom stereocenters. The van der Waals surface area contributed by atoms with Gasteiger partial charge >= 0.3 is 0 Å². The van der Waals surface area contributed by atoms with Crippen LogP contribution in [-0.2, 0) is 0 Å². The second kappa shape index (κ2) is 6.93. The predicted octanol–water partition coefficient (Wildman–Crippen LogP) is 4.04. The lowest BCUT2D eigenvalue weighted by Crippen LogP contribution is -2.05. The van der Waals surface area contributed by atoms with Crippen LogP contribution in [-0.4, -0.2) is 12.4 Å². The molecule has 2 aromatic carbocycles. The van der Waals surface area contributed by atoms with E-state index in [4.69, 9.17) is 10.5 Å². The van der Waals surface area contributed by atoms with Gasteiger partial charge < -0.3 is 10.5 Å². The minimum absolute atomic E-state index is 0.141. The molecule has 110 valence electrons. The highest BCUT2D eigenvalue weighted by Crippen LogP contribution is 2.23. The average molecular weight is 283 g/mol. The number of nitrogen functional groups attached to an aromatic ring is 1. The average Bonchev–Trinajstić information content (AvgIpc) is 2.49. The SMILES string of the molecule is CCOc1ccc(C(=O)CC(C)c2ccc(N)cc2)cc1. The van der Waals surface area contributed by atoms with E-state index in [-0.39, 0.29) is 11.7 Å². The molecule has 0 aliphatic carbocycles. The van der Waals surface area contributed by atoms with Crippen molar-refractivity contribution in [2.45, 2.75) is 26.2 Å². The van der Waals surface area contributed by atoms with Crippen LogP contribution < -0.4 is 10.5 Å². The van der Waals surface area contributed by atoms with E-state index < -0.39 is 0 Å². The first-order valence-electron chi connectivity index (χ1n) is 7.21. The van der Waals surface area contributed by atoms with Gasteiger partial charge in [-0.15, -0.1) is 0 Å². The molecule has 0 heterocycles. The van der Waals surface area contributed by atoms with Gasteiger partial charge in [-0.3, -0.25) is 4.79 Å². The summed E-state index contributed by atoms with van der Waals surface area (Å²) in [5, 5.41) is 0. The van der Waals surface area contributed by atoms with Crippen LogP contribution in [0.5, 0.6) is 5.75 Å². The van der Waals surface area contributed by atoms with Gasteiger partial charge in [-0.05, 0) is 54.8 Å². The molecule has 0 aliphatic heterocycles. The summed E-state index contributed by atoms with van der Waals surface area (Å²) in [7, 11) is 0. The Morgan fingerprint density at radius 3 is 2.29 bits per heavy atom. The summed E-state index contributed by atoms with van der Waals surface area (Å²) < 4.78 is 5.38. The van der Waals surface area contributed by atoms with Crippen molar-refractivity contribution >= 4 is 11.5 Å². The first-order chi connectivity index (χ1) is 10.1. The van der Waals surface area contributed by atoms with Crippen LogP contribution in [0.3, 0.4) is 0 Å². The first kappa shape index (κ1) is 15.1. The number of benzene rings is 2. The molecule has 0 aliphatic rings. The van der Waals surface area contributed by atoms with E-state index in [1.54, 1.807) is 0 Å². The number of ketones is 1. The van der Waals surface area contributed by atoms with Gasteiger partial charge in [0.15, 0.2) is 5.78 Å². The Labute approximate surface area is 125 Å². The first-order valence-corrected chi connectivity index (χ1v) is 7.21. The van der Waals surface area contributed by atoms with Gasteiger partial charge in [0, 0.05) is 17.7 Å². The maximum absolute atomic E-state index is 12.3. The Morgan fingerprint density at radius 1 is 1.10 bits per heavy atom. The second-order valence-electron chi connectivity index (χ2n) is 5.15. The molecule has 21 heavy (non-hydrogen) atoms. The Balaban J connectivity index is 2.01. The molecule has 2 aromatic rings. The van der Waals surface area contributed by atoms with Crippen molar-refractivity contribution in [3.63, 3.8) is 0 Å². The molecule has 0 amide bonds. The molecule has 0 aromatic heterocycles. The molecule has 0 bridgehead atoms. The molecule has 1 atom stereocenters. The lowest BCUT2D eigenvalue weighted by Gasteiger charge is -2.11. The fourth-order valence-electron chi connectivity index (χ4n) is 2.24. The van der Waals surface area contributed by atoms with Gasteiger partial charge in [-0.25, -0.2) is 0 Å². The Morgan fingerprint density at radius 2 is 1.71 bits per heavy atom. The van der Waals surface area contributed by atoms with Gasteiger partial charge in [-0.1, -0.05) is 19.1 Å². The fourth-order valence-corrected chi connectivity index (χ4v) is 2.24. The topological polar surface area (TPSA) is 52.3 Å². The van der Waals surface area contributed by atoms with Gasteiger partial charge in [-0.2, -0.15) is 0 Å². The minimum Gasteiger partial charge on any atom is -0.494 e. The number of hydrogen-bond donors (Lipinski definition) is 1. The van der Waals surface area contributed by atoms with Crippen molar-refractivity contribution in [1.82, 2.24) is 0 Å². The van der Waals surface area contributed by atoms with Crippen molar-refractivity contribution < 1.29 is 9.53 Å². The number of anilines is 1. The number of Topliss-reactive ketones (excluding diaryl/α,β-unsaturated/α-hetero) is 1. The van der Waals surface area contributed by atoms with Crippen molar-refractivity contribution in [2.75, 3.05) is 12.3 Å². The monoisotopic (exact) mass is 283 g/mol. The molecule has 3 nitrogen and oxygen atoms in total. The van der Waals surface area contributed by atoms with Crippen LogP contribution in [0.4, 0.5) is 5.69 Å². The Hall–Kier alpha value is -2.29. The van der Waals surface area contributed by atoms with Gasteiger partial charge in [0.2, 0.25) is 0 Å². The third-order valence-corrected chi connectivity index (χ3v) is 3.48. The smallest absolute Gasteiger partial charge is 0.163 e.